The van der Waals surface area contributed by atoms with Gasteiger partial charge in [0, 0.05) is 6.54 Å². The van der Waals surface area contributed by atoms with Crippen molar-refractivity contribution in [2.24, 2.45) is 0 Å². The van der Waals surface area contributed by atoms with Crippen molar-refractivity contribution in [3.8, 4) is 0 Å². The summed E-state index contributed by atoms with van der Waals surface area (Å²) >= 11 is 0. The van der Waals surface area contributed by atoms with Gasteiger partial charge in [-0.3, -0.25) is 20.0 Å². The van der Waals surface area contributed by atoms with Gasteiger partial charge in [0.25, 0.3) is 5.91 Å². The normalized spacial score (nSPS) is 18.1. The zero-order valence-electron chi connectivity index (χ0n) is 12.6. The lowest BCUT2D eigenvalue weighted by Gasteiger charge is -2.33. The Labute approximate surface area is 131 Å². The number of nitrogens with one attached hydrogen (secondary N) is 1. The number of nitro groups is 1. The number of carbonyl (C=O) groups is 1. The van der Waals surface area contributed by atoms with Crippen LogP contribution >= 0.6 is 0 Å². The number of hydrogen-bond acceptors (Lipinski definition) is 7. The van der Waals surface area contributed by atoms with E-state index < -0.39 is 10.8 Å². The predicted octanol–water partition coefficient (Wildman–Crippen LogP) is 1.63. The number of hydrogen-bond donors (Lipinski definition) is 1. The van der Waals surface area contributed by atoms with Crippen molar-refractivity contribution >= 4 is 11.6 Å². The second kappa shape index (κ2) is 6.15. The van der Waals surface area contributed by atoms with Crippen LogP contribution in [0.1, 0.15) is 54.2 Å². The van der Waals surface area contributed by atoms with E-state index in [4.69, 9.17) is 4.52 Å². The molecule has 0 saturated carbocycles. The third kappa shape index (κ3) is 2.67. The number of aryl methyl sites for hydroxylation is 1. The molecule has 1 fully saturated rings. The molecule has 2 aromatic heterocycles. The first kappa shape index (κ1) is 15.1. The molecule has 1 N–H and O–H groups in total. The van der Waals surface area contributed by atoms with Crippen molar-refractivity contribution in [2.75, 3.05) is 6.54 Å². The highest BCUT2D eigenvalue weighted by Crippen LogP contribution is 2.32. The standard InChI is InChI=1S/C13H16N6O4/c1-2-8-11(19(21)22)10(16-15-8)13(20)18-6-4-3-5-9(18)12-14-7-23-17-12/h7,9H,2-6H2,1H3,(H,15,16). The molecule has 0 aliphatic carbocycles. The van der Waals surface area contributed by atoms with Crippen molar-refractivity contribution < 1.29 is 14.2 Å². The Morgan fingerprint density at radius 3 is 3.04 bits per heavy atom. The minimum absolute atomic E-state index is 0.165. The number of piperidine rings is 1. The van der Waals surface area contributed by atoms with Crippen LogP contribution in [-0.2, 0) is 6.42 Å². The summed E-state index contributed by atoms with van der Waals surface area (Å²) in [5.41, 5.74) is -0.0800. The Bertz CT molecular complexity index is 710. The Hall–Kier alpha value is -2.78. The smallest absolute Gasteiger partial charge is 0.322 e. The number of likely N-dealkylation sites (tertiary alicyclic amines) is 1. The highest BCUT2D eigenvalue weighted by Gasteiger charge is 2.37. The molecule has 23 heavy (non-hydrogen) atoms. The van der Waals surface area contributed by atoms with Crippen molar-refractivity contribution in [3.63, 3.8) is 0 Å². The van der Waals surface area contributed by atoms with Gasteiger partial charge in [-0.05, 0) is 25.7 Å². The monoisotopic (exact) mass is 320 g/mol. The van der Waals surface area contributed by atoms with Crippen LogP contribution in [0.2, 0.25) is 0 Å². The van der Waals surface area contributed by atoms with E-state index in [1.165, 1.54) is 11.3 Å². The lowest BCUT2D eigenvalue weighted by Crippen LogP contribution is -2.39. The van der Waals surface area contributed by atoms with Gasteiger partial charge in [0.2, 0.25) is 12.1 Å². The molecule has 0 spiro atoms. The molecule has 0 aromatic carbocycles. The molecule has 1 aliphatic rings. The van der Waals surface area contributed by atoms with Gasteiger partial charge in [-0.1, -0.05) is 12.1 Å². The first-order valence-corrected chi connectivity index (χ1v) is 7.42. The fourth-order valence-corrected chi connectivity index (χ4v) is 2.87. The van der Waals surface area contributed by atoms with Gasteiger partial charge in [-0.2, -0.15) is 10.1 Å². The summed E-state index contributed by atoms with van der Waals surface area (Å²) in [6, 6.07) is -0.351. The number of nitrogens with zero attached hydrogens (tertiary/aromatic N) is 5. The van der Waals surface area contributed by atoms with Crippen LogP contribution in [-0.4, -0.2) is 42.6 Å². The molecule has 1 saturated heterocycles. The fraction of sp³-hybridized carbons (Fsp3) is 0.538. The highest BCUT2D eigenvalue weighted by atomic mass is 16.6. The van der Waals surface area contributed by atoms with Crippen molar-refractivity contribution in [1.29, 1.82) is 0 Å². The van der Waals surface area contributed by atoms with E-state index in [0.29, 0.717) is 30.9 Å². The molecule has 0 radical (unpaired) electrons. The van der Waals surface area contributed by atoms with Crippen molar-refractivity contribution in [3.05, 3.63) is 33.7 Å². The molecule has 3 heterocycles. The van der Waals surface area contributed by atoms with Crippen LogP contribution in [0.4, 0.5) is 5.69 Å². The van der Waals surface area contributed by atoms with Gasteiger partial charge in [0.15, 0.2) is 5.82 Å². The summed E-state index contributed by atoms with van der Waals surface area (Å²) in [6.45, 7) is 2.24. The summed E-state index contributed by atoms with van der Waals surface area (Å²) in [6.07, 6.45) is 4.03. The molecule has 2 aromatic rings. The number of amides is 1. The molecule has 1 amide bonds. The molecule has 10 heteroatoms. The molecule has 1 unspecified atom stereocenters. The lowest BCUT2D eigenvalue weighted by molar-refractivity contribution is -0.385. The number of aromatic amines is 1. The number of rotatable bonds is 4. The van der Waals surface area contributed by atoms with E-state index in [1.807, 2.05) is 0 Å². The first-order valence-electron chi connectivity index (χ1n) is 7.42. The molecule has 10 nitrogen and oxygen atoms in total. The quantitative estimate of drug-likeness (QED) is 0.669. The Morgan fingerprint density at radius 2 is 2.39 bits per heavy atom. The Kier molecular flexibility index (Phi) is 4.04. The van der Waals surface area contributed by atoms with Gasteiger partial charge >= 0.3 is 5.69 Å². The highest BCUT2D eigenvalue weighted by molar-refractivity contribution is 5.96. The van der Waals surface area contributed by atoms with Gasteiger partial charge in [0.1, 0.15) is 5.69 Å². The largest absolute Gasteiger partial charge is 0.343 e. The molecular weight excluding hydrogens is 304 g/mol. The van der Waals surface area contributed by atoms with Gasteiger partial charge < -0.3 is 9.42 Å². The van der Waals surface area contributed by atoms with E-state index >= 15 is 0 Å². The SMILES string of the molecule is CCc1[nH]nc(C(=O)N2CCCCC2c2ncon2)c1[N+](=O)[O-]. The summed E-state index contributed by atoms with van der Waals surface area (Å²) in [5.74, 6) is -0.0749. The maximum Gasteiger partial charge on any atom is 0.322 e. The fourth-order valence-electron chi connectivity index (χ4n) is 2.87. The Balaban J connectivity index is 1.95. The van der Waals surface area contributed by atoms with Gasteiger partial charge in [-0.25, -0.2) is 0 Å². The van der Waals surface area contributed by atoms with Crippen molar-refractivity contribution in [2.45, 2.75) is 38.6 Å². The van der Waals surface area contributed by atoms with E-state index in [-0.39, 0.29) is 17.4 Å². The molecular formula is C13H16N6O4. The second-order valence-corrected chi connectivity index (χ2v) is 5.31. The zero-order chi connectivity index (χ0) is 16.4. The Morgan fingerprint density at radius 1 is 1.57 bits per heavy atom. The minimum Gasteiger partial charge on any atom is -0.343 e. The molecule has 122 valence electrons. The van der Waals surface area contributed by atoms with Crippen LogP contribution in [0.15, 0.2) is 10.9 Å². The third-order valence-corrected chi connectivity index (χ3v) is 3.99. The summed E-state index contributed by atoms with van der Waals surface area (Å²) in [5, 5.41) is 21.6. The average molecular weight is 320 g/mol. The van der Waals surface area contributed by atoms with E-state index in [0.717, 1.165) is 12.8 Å². The first-order chi connectivity index (χ1) is 11.1. The van der Waals surface area contributed by atoms with E-state index in [9.17, 15) is 14.9 Å². The van der Waals surface area contributed by atoms with E-state index in [2.05, 4.69) is 20.3 Å². The summed E-state index contributed by atoms with van der Waals surface area (Å²) < 4.78 is 4.76. The van der Waals surface area contributed by atoms with Crippen LogP contribution in [0.25, 0.3) is 0 Å². The maximum atomic E-state index is 12.8. The van der Waals surface area contributed by atoms with Crippen LogP contribution in [0.3, 0.4) is 0 Å². The van der Waals surface area contributed by atoms with Crippen molar-refractivity contribution in [1.82, 2.24) is 25.2 Å². The van der Waals surface area contributed by atoms with Crippen LogP contribution in [0.5, 0.6) is 0 Å². The molecule has 1 atom stereocenters. The number of aromatic nitrogens is 4. The lowest BCUT2D eigenvalue weighted by atomic mass is 10.0. The molecule has 3 rings (SSSR count). The predicted molar refractivity (Wildman–Crippen MR) is 76.5 cm³/mol. The maximum absolute atomic E-state index is 12.8. The van der Waals surface area contributed by atoms with E-state index in [1.54, 1.807) is 6.92 Å². The minimum atomic E-state index is -0.567. The molecule has 0 bridgehead atoms. The third-order valence-electron chi connectivity index (χ3n) is 3.99. The van der Waals surface area contributed by atoms with Crippen LogP contribution in [0, 0.1) is 10.1 Å². The van der Waals surface area contributed by atoms with Crippen LogP contribution < -0.4 is 0 Å². The summed E-state index contributed by atoms with van der Waals surface area (Å²) in [4.78, 5) is 29.1. The topological polar surface area (TPSA) is 131 Å². The summed E-state index contributed by atoms with van der Waals surface area (Å²) in [7, 11) is 0. The molecule has 1 aliphatic heterocycles. The average Bonchev–Trinajstić information content (AvgIpc) is 3.23. The van der Waals surface area contributed by atoms with Gasteiger partial charge in [0.05, 0.1) is 11.0 Å². The number of carbonyl (C=O) groups excluding carboxylic acids is 1. The zero-order valence-corrected chi connectivity index (χ0v) is 12.6. The van der Waals surface area contributed by atoms with Gasteiger partial charge in [-0.15, -0.1) is 0 Å². The second-order valence-electron chi connectivity index (χ2n) is 5.31. The number of H-pyrrole nitrogens is 1.